The van der Waals surface area contributed by atoms with Crippen molar-refractivity contribution in [3.63, 3.8) is 0 Å². The summed E-state index contributed by atoms with van der Waals surface area (Å²) in [6.45, 7) is 0.124. The SMILES string of the molecule is NCC(CO)(Cc1cccc(Br)c1)c1cccc(F)c1. The van der Waals surface area contributed by atoms with Gasteiger partial charge in [-0.3, -0.25) is 0 Å². The summed E-state index contributed by atoms with van der Waals surface area (Å²) in [6, 6.07) is 14.1. The Morgan fingerprint density at radius 1 is 1.15 bits per heavy atom. The smallest absolute Gasteiger partial charge is 0.123 e. The van der Waals surface area contributed by atoms with Crippen LogP contribution in [0.15, 0.2) is 53.0 Å². The molecule has 0 amide bonds. The molecule has 0 aliphatic carbocycles. The molecule has 0 aliphatic heterocycles. The summed E-state index contributed by atoms with van der Waals surface area (Å²) in [4.78, 5) is 0. The highest BCUT2D eigenvalue weighted by atomic mass is 79.9. The van der Waals surface area contributed by atoms with Crippen LogP contribution in [0.4, 0.5) is 4.39 Å². The maximum atomic E-state index is 13.4. The largest absolute Gasteiger partial charge is 0.395 e. The predicted octanol–water partition coefficient (Wildman–Crippen LogP) is 3.02. The molecule has 0 fully saturated rings. The molecular weight excluding hydrogens is 321 g/mol. The van der Waals surface area contributed by atoms with E-state index in [1.165, 1.54) is 12.1 Å². The van der Waals surface area contributed by atoms with Crippen molar-refractivity contribution in [2.75, 3.05) is 13.2 Å². The van der Waals surface area contributed by atoms with E-state index in [2.05, 4.69) is 15.9 Å². The standard InChI is InChI=1S/C16H17BrFNO/c17-14-5-1-3-12(7-14)9-16(10-19,11-20)13-4-2-6-15(18)8-13/h1-8,20H,9-11,19H2. The van der Waals surface area contributed by atoms with Gasteiger partial charge < -0.3 is 10.8 Å². The quantitative estimate of drug-likeness (QED) is 0.880. The second kappa shape index (κ2) is 6.48. The summed E-state index contributed by atoms with van der Waals surface area (Å²) in [5, 5.41) is 9.84. The highest BCUT2D eigenvalue weighted by Crippen LogP contribution is 2.29. The molecule has 0 bridgehead atoms. The van der Waals surface area contributed by atoms with E-state index in [1.807, 2.05) is 30.3 Å². The van der Waals surface area contributed by atoms with Crippen molar-refractivity contribution in [1.82, 2.24) is 0 Å². The highest BCUT2D eigenvalue weighted by molar-refractivity contribution is 9.10. The van der Waals surface area contributed by atoms with Crippen LogP contribution < -0.4 is 5.73 Å². The van der Waals surface area contributed by atoms with Gasteiger partial charge in [-0.05, 0) is 41.8 Å². The van der Waals surface area contributed by atoms with E-state index in [4.69, 9.17) is 5.73 Å². The molecule has 3 N–H and O–H groups in total. The summed E-state index contributed by atoms with van der Waals surface area (Å²) in [7, 11) is 0. The Morgan fingerprint density at radius 2 is 1.90 bits per heavy atom. The van der Waals surface area contributed by atoms with Gasteiger partial charge in [-0.25, -0.2) is 4.39 Å². The van der Waals surface area contributed by atoms with Crippen molar-refractivity contribution < 1.29 is 9.50 Å². The molecule has 2 nitrogen and oxygen atoms in total. The summed E-state index contributed by atoms with van der Waals surface area (Å²) in [5.41, 5.74) is 7.00. The van der Waals surface area contributed by atoms with Gasteiger partial charge in [0.15, 0.2) is 0 Å². The van der Waals surface area contributed by atoms with Gasteiger partial charge >= 0.3 is 0 Å². The van der Waals surface area contributed by atoms with Gasteiger partial charge in [0.2, 0.25) is 0 Å². The minimum atomic E-state index is -0.664. The molecule has 0 saturated carbocycles. The lowest BCUT2D eigenvalue weighted by Gasteiger charge is -2.31. The predicted molar refractivity (Wildman–Crippen MR) is 82.1 cm³/mol. The monoisotopic (exact) mass is 337 g/mol. The molecule has 1 atom stereocenters. The fraction of sp³-hybridized carbons (Fsp3) is 0.250. The molecule has 106 valence electrons. The lowest BCUT2D eigenvalue weighted by atomic mass is 9.76. The van der Waals surface area contributed by atoms with Crippen LogP contribution in [-0.4, -0.2) is 18.3 Å². The van der Waals surface area contributed by atoms with Gasteiger partial charge in [0.1, 0.15) is 5.82 Å². The van der Waals surface area contributed by atoms with Crippen LogP contribution in [0.25, 0.3) is 0 Å². The first kappa shape index (κ1) is 15.2. The van der Waals surface area contributed by atoms with Gasteiger partial charge in [-0.1, -0.05) is 40.2 Å². The maximum Gasteiger partial charge on any atom is 0.123 e. The lowest BCUT2D eigenvalue weighted by molar-refractivity contribution is 0.195. The van der Waals surface area contributed by atoms with Crippen LogP contribution in [0.5, 0.6) is 0 Å². The normalized spacial score (nSPS) is 14.0. The lowest BCUT2D eigenvalue weighted by Crippen LogP contribution is -2.41. The van der Waals surface area contributed by atoms with Crippen LogP contribution in [0.2, 0.25) is 0 Å². The third-order valence-corrected chi connectivity index (χ3v) is 4.06. The Bertz CT molecular complexity index is 584. The van der Waals surface area contributed by atoms with Crippen LogP contribution in [0.1, 0.15) is 11.1 Å². The minimum absolute atomic E-state index is 0.126. The van der Waals surface area contributed by atoms with E-state index in [1.54, 1.807) is 6.07 Å². The van der Waals surface area contributed by atoms with Gasteiger partial charge in [-0.15, -0.1) is 0 Å². The Hall–Kier alpha value is -1.23. The van der Waals surface area contributed by atoms with Crippen molar-refractivity contribution in [3.05, 3.63) is 69.9 Å². The molecule has 0 aliphatic rings. The van der Waals surface area contributed by atoms with Gasteiger partial charge in [-0.2, -0.15) is 0 Å². The Labute approximate surface area is 126 Å². The molecule has 0 saturated heterocycles. The van der Waals surface area contributed by atoms with E-state index < -0.39 is 5.41 Å². The van der Waals surface area contributed by atoms with Crippen molar-refractivity contribution in [2.45, 2.75) is 11.8 Å². The average molecular weight is 338 g/mol. The zero-order valence-corrected chi connectivity index (χ0v) is 12.6. The van der Waals surface area contributed by atoms with Gasteiger partial charge in [0, 0.05) is 16.4 Å². The topological polar surface area (TPSA) is 46.2 Å². The molecule has 0 aromatic heterocycles. The maximum absolute atomic E-state index is 13.4. The molecule has 0 heterocycles. The molecule has 2 aromatic rings. The zero-order valence-electron chi connectivity index (χ0n) is 11.0. The van der Waals surface area contributed by atoms with Crippen molar-refractivity contribution >= 4 is 15.9 Å². The Kier molecular flexibility index (Phi) is 4.91. The molecule has 4 heteroatoms. The molecule has 20 heavy (non-hydrogen) atoms. The number of aliphatic hydroxyl groups excluding tert-OH is 1. The molecule has 0 spiro atoms. The summed E-state index contributed by atoms with van der Waals surface area (Å²) >= 11 is 3.43. The minimum Gasteiger partial charge on any atom is -0.395 e. The third-order valence-electron chi connectivity index (χ3n) is 3.56. The number of benzene rings is 2. The van der Waals surface area contributed by atoms with Crippen LogP contribution >= 0.6 is 15.9 Å². The number of halogens is 2. The molecule has 0 radical (unpaired) electrons. The van der Waals surface area contributed by atoms with Crippen LogP contribution in [0, 0.1) is 5.82 Å². The van der Waals surface area contributed by atoms with E-state index >= 15 is 0 Å². The van der Waals surface area contributed by atoms with E-state index in [9.17, 15) is 9.50 Å². The summed E-state index contributed by atoms with van der Waals surface area (Å²) < 4.78 is 14.4. The average Bonchev–Trinajstić information content (AvgIpc) is 2.45. The first-order chi connectivity index (χ1) is 9.59. The van der Waals surface area contributed by atoms with E-state index in [-0.39, 0.29) is 19.0 Å². The van der Waals surface area contributed by atoms with Gasteiger partial charge in [0.25, 0.3) is 0 Å². The first-order valence-corrected chi connectivity index (χ1v) is 7.20. The van der Waals surface area contributed by atoms with Crippen LogP contribution in [-0.2, 0) is 11.8 Å². The van der Waals surface area contributed by atoms with E-state index in [0.717, 1.165) is 15.6 Å². The Balaban J connectivity index is 2.39. The fourth-order valence-corrected chi connectivity index (χ4v) is 2.81. The second-order valence-corrected chi connectivity index (χ2v) is 5.88. The fourth-order valence-electron chi connectivity index (χ4n) is 2.36. The van der Waals surface area contributed by atoms with Crippen molar-refractivity contribution in [1.29, 1.82) is 0 Å². The molecule has 2 rings (SSSR count). The molecule has 1 unspecified atom stereocenters. The van der Waals surface area contributed by atoms with Crippen molar-refractivity contribution in [2.24, 2.45) is 5.73 Å². The van der Waals surface area contributed by atoms with Crippen LogP contribution in [0.3, 0.4) is 0 Å². The third kappa shape index (κ3) is 3.26. The van der Waals surface area contributed by atoms with E-state index in [0.29, 0.717) is 6.42 Å². The molecular formula is C16H17BrFNO. The second-order valence-electron chi connectivity index (χ2n) is 4.96. The Morgan fingerprint density at radius 3 is 2.50 bits per heavy atom. The van der Waals surface area contributed by atoms with Crippen molar-refractivity contribution in [3.8, 4) is 0 Å². The van der Waals surface area contributed by atoms with Gasteiger partial charge in [0.05, 0.1) is 6.61 Å². The summed E-state index contributed by atoms with van der Waals surface area (Å²) in [5.74, 6) is -0.317. The number of hydrogen-bond donors (Lipinski definition) is 2. The number of hydrogen-bond acceptors (Lipinski definition) is 2. The molecule has 2 aromatic carbocycles. The summed E-state index contributed by atoms with van der Waals surface area (Å²) in [6.07, 6.45) is 0.558. The number of rotatable bonds is 5. The highest BCUT2D eigenvalue weighted by Gasteiger charge is 2.30. The zero-order chi connectivity index (χ0) is 14.6. The first-order valence-electron chi connectivity index (χ1n) is 6.41. The number of nitrogens with two attached hydrogens (primary N) is 1. The number of aliphatic hydroxyl groups is 1.